The largest absolute Gasteiger partial charge is 0.490 e. The molecular formula is C14H23NO3S. The lowest BCUT2D eigenvalue weighted by Gasteiger charge is -2.20. The van der Waals surface area contributed by atoms with E-state index >= 15 is 0 Å². The van der Waals surface area contributed by atoms with Gasteiger partial charge < -0.3 is 4.74 Å². The first-order chi connectivity index (χ1) is 8.66. The zero-order chi connectivity index (χ0) is 14.8. The first kappa shape index (κ1) is 16.0. The summed E-state index contributed by atoms with van der Waals surface area (Å²) in [4.78, 5) is 0.174. The highest BCUT2D eigenvalue weighted by Crippen LogP contribution is 2.32. The van der Waals surface area contributed by atoms with E-state index in [1.54, 1.807) is 19.1 Å². The second-order valence-corrected chi connectivity index (χ2v) is 6.72. The van der Waals surface area contributed by atoms with Gasteiger partial charge in [0.2, 0.25) is 10.0 Å². The molecule has 19 heavy (non-hydrogen) atoms. The summed E-state index contributed by atoms with van der Waals surface area (Å²) in [5.74, 6) is 0.911. The Hall–Kier alpha value is -1.07. The zero-order valence-corrected chi connectivity index (χ0v) is 13.0. The first-order valence-electron chi connectivity index (χ1n) is 6.50. The topological polar surface area (TPSA) is 69.4 Å². The number of hydrogen-bond acceptors (Lipinski definition) is 3. The lowest BCUT2D eigenvalue weighted by Crippen LogP contribution is -2.16. The van der Waals surface area contributed by atoms with Gasteiger partial charge >= 0.3 is 0 Å². The van der Waals surface area contributed by atoms with E-state index in [-0.39, 0.29) is 16.9 Å². The molecule has 0 bridgehead atoms. The standard InChI is InChI=1S/C14H23NO3S/c1-6-11(5)18-13-7-10(4)14(19(15,16)17)8-12(13)9(2)3/h7-9,11H,6H2,1-5H3,(H2,15,16,17). The molecule has 1 aromatic rings. The maximum absolute atomic E-state index is 11.6. The molecule has 0 saturated heterocycles. The molecule has 0 aliphatic carbocycles. The second kappa shape index (κ2) is 5.92. The van der Waals surface area contributed by atoms with E-state index in [2.05, 4.69) is 0 Å². The van der Waals surface area contributed by atoms with Crippen molar-refractivity contribution in [2.24, 2.45) is 5.14 Å². The Bertz CT molecular complexity index is 550. The van der Waals surface area contributed by atoms with Crippen LogP contribution in [0.3, 0.4) is 0 Å². The van der Waals surface area contributed by atoms with Crippen molar-refractivity contribution in [2.45, 2.75) is 58.0 Å². The molecule has 108 valence electrons. The van der Waals surface area contributed by atoms with E-state index in [9.17, 15) is 8.42 Å². The third kappa shape index (κ3) is 3.94. The highest BCUT2D eigenvalue weighted by molar-refractivity contribution is 7.89. The van der Waals surface area contributed by atoms with Crippen LogP contribution < -0.4 is 9.88 Å². The molecule has 0 amide bonds. The Labute approximate surface area is 116 Å². The Balaban J connectivity index is 3.38. The third-order valence-corrected chi connectivity index (χ3v) is 4.19. The van der Waals surface area contributed by atoms with E-state index in [0.717, 1.165) is 17.7 Å². The molecular weight excluding hydrogens is 262 g/mol. The number of hydrogen-bond donors (Lipinski definition) is 1. The van der Waals surface area contributed by atoms with Crippen LogP contribution in [0.1, 0.15) is 51.2 Å². The van der Waals surface area contributed by atoms with Crippen LogP contribution in [-0.4, -0.2) is 14.5 Å². The van der Waals surface area contributed by atoms with Gasteiger partial charge in [-0.1, -0.05) is 20.8 Å². The summed E-state index contributed by atoms with van der Waals surface area (Å²) >= 11 is 0. The predicted octanol–water partition coefficient (Wildman–Crippen LogP) is 2.94. The summed E-state index contributed by atoms with van der Waals surface area (Å²) in [5.41, 5.74) is 1.49. The summed E-state index contributed by atoms with van der Waals surface area (Å²) in [5, 5.41) is 5.24. The maximum atomic E-state index is 11.6. The van der Waals surface area contributed by atoms with Crippen LogP contribution in [0.5, 0.6) is 5.75 Å². The fourth-order valence-corrected chi connectivity index (χ4v) is 2.64. The molecule has 1 atom stereocenters. The summed E-state index contributed by atoms with van der Waals surface area (Å²) in [7, 11) is -3.70. The van der Waals surface area contributed by atoms with Gasteiger partial charge in [-0.25, -0.2) is 13.6 Å². The Kier molecular flexibility index (Phi) is 4.98. The predicted molar refractivity (Wildman–Crippen MR) is 77.0 cm³/mol. The number of rotatable bonds is 5. The van der Waals surface area contributed by atoms with Gasteiger partial charge in [-0.05, 0) is 49.4 Å². The van der Waals surface area contributed by atoms with Crippen molar-refractivity contribution in [3.8, 4) is 5.75 Å². The Morgan fingerprint density at radius 3 is 2.26 bits per heavy atom. The van der Waals surface area contributed by atoms with Gasteiger partial charge in [-0.2, -0.15) is 0 Å². The van der Waals surface area contributed by atoms with Crippen LogP contribution in [-0.2, 0) is 10.0 Å². The molecule has 0 spiro atoms. The van der Waals surface area contributed by atoms with Crippen LogP contribution in [0, 0.1) is 6.92 Å². The number of nitrogens with two attached hydrogens (primary N) is 1. The quantitative estimate of drug-likeness (QED) is 0.904. The van der Waals surface area contributed by atoms with Crippen molar-refractivity contribution >= 4 is 10.0 Å². The molecule has 0 heterocycles. The van der Waals surface area contributed by atoms with Gasteiger partial charge in [0, 0.05) is 0 Å². The monoisotopic (exact) mass is 285 g/mol. The second-order valence-electron chi connectivity index (χ2n) is 5.19. The number of primary sulfonamides is 1. The molecule has 4 nitrogen and oxygen atoms in total. The molecule has 2 N–H and O–H groups in total. The first-order valence-corrected chi connectivity index (χ1v) is 8.05. The molecule has 5 heteroatoms. The lowest BCUT2D eigenvalue weighted by molar-refractivity contribution is 0.214. The Morgan fingerprint density at radius 2 is 1.84 bits per heavy atom. The third-order valence-electron chi connectivity index (χ3n) is 3.14. The maximum Gasteiger partial charge on any atom is 0.238 e. The van der Waals surface area contributed by atoms with E-state index in [1.807, 2.05) is 27.7 Å². The number of benzene rings is 1. The van der Waals surface area contributed by atoms with Gasteiger partial charge in [-0.3, -0.25) is 0 Å². The van der Waals surface area contributed by atoms with Gasteiger partial charge in [0.05, 0.1) is 11.0 Å². The van der Waals surface area contributed by atoms with Crippen LogP contribution in [0.2, 0.25) is 0 Å². The summed E-state index contributed by atoms with van der Waals surface area (Å²) < 4.78 is 29.0. The SMILES string of the molecule is CCC(C)Oc1cc(C)c(S(N)(=O)=O)cc1C(C)C. The van der Waals surface area contributed by atoms with E-state index in [1.165, 1.54) is 0 Å². The molecule has 1 rings (SSSR count). The normalized spacial score (nSPS) is 13.6. The summed E-state index contributed by atoms with van der Waals surface area (Å²) in [6.07, 6.45) is 0.991. The van der Waals surface area contributed by atoms with E-state index in [0.29, 0.717) is 5.56 Å². The highest BCUT2D eigenvalue weighted by Gasteiger charge is 2.18. The van der Waals surface area contributed by atoms with Crippen LogP contribution in [0.15, 0.2) is 17.0 Å². The molecule has 1 aromatic carbocycles. The zero-order valence-electron chi connectivity index (χ0n) is 12.2. The minimum absolute atomic E-state index is 0.0947. The molecule has 0 fully saturated rings. The fourth-order valence-electron chi connectivity index (χ4n) is 1.84. The van der Waals surface area contributed by atoms with Gasteiger partial charge in [0.15, 0.2) is 0 Å². The molecule has 0 aliphatic heterocycles. The van der Waals surface area contributed by atoms with Crippen molar-refractivity contribution in [1.82, 2.24) is 0 Å². The molecule has 0 aliphatic rings. The van der Waals surface area contributed by atoms with Crippen LogP contribution in [0.4, 0.5) is 0 Å². The summed E-state index contributed by atoms with van der Waals surface area (Å²) in [6.45, 7) is 9.77. The van der Waals surface area contributed by atoms with Crippen molar-refractivity contribution in [3.05, 3.63) is 23.3 Å². The number of sulfonamides is 1. The van der Waals surface area contributed by atoms with Crippen molar-refractivity contribution < 1.29 is 13.2 Å². The number of ether oxygens (including phenoxy) is 1. The highest BCUT2D eigenvalue weighted by atomic mass is 32.2. The average Bonchev–Trinajstić information content (AvgIpc) is 2.26. The van der Waals surface area contributed by atoms with Crippen molar-refractivity contribution in [1.29, 1.82) is 0 Å². The van der Waals surface area contributed by atoms with Gasteiger partial charge in [0.1, 0.15) is 5.75 Å². The van der Waals surface area contributed by atoms with E-state index < -0.39 is 10.0 Å². The fraction of sp³-hybridized carbons (Fsp3) is 0.571. The van der Waals surface area contributed by atoms with Crippen LogP contribution in [0.25, 0.3) is 0 Å². The molecule has 1 unspecified atom stereocenters. The Morgan fingerprint density at radius 1 is 1.26 bits per heavy atom. The van der Waals surface area contributed by atoms with Gasteiger partial charge in [0.25, 0.3) is 0 Å². The summed E-state index contributed by atoms with van der Waals surface area (Å²) in [6, 6.07) is 3.40. The number of aryl methyl sites for hydroxylation is 1. The van der Waals surface area contributed by atoms with Crippen molar-refractivity contribution in [3.63, 3.8) is 0 Å². The average molecular weight is 285 g/mol. The lowest BCUT2D eigenvalue weighted by atomic mass is 10.0. The molecule has 0 saturated carbocycles. The molecule has 0 aromatic heterocycles. The van der Waals surface area contributed by atoms with E-state index in [4.69, 9.17) is 9.88 Å². The van der Waals surface area contributed by atoms with Gasteiger partial charge in [-0.15, -0.1) is 0 Å². The smallest absolute Gasteiger partial charge is 0.238 e. The minimum atomic E-state index is -3.70. The van der Waals surface area contributed by atoms with Crippen LogP contribution >= 0.6 is 0 Å². The molecule has 0 radical (unpaired) electrons. The minimum Gasteiger partial charge on any atom is -0.490 e. The van der Waals surface area contributed by atoms with Crippen molar-refractivity contribution in [2.75, 3.05) is 0 Å².